The van der Waals surface area contributed by atoms with Crippen molar-refractivity contribution in [1.82, 2.24) is 0 Å². The molecule has 0 fully saturated rings. The van der Waals surface area contributed by atoms with Crippen LogP contribution in [0.25, 0.3) is 57.0 Å². The first-order valence-electron chi connectivity index (χ1n) is 15.6. The molecule has 1 aliphatic rings. The number of carbonyl (C=O) groups excluding carboxylic acids is 2. The van der Waals surface area contributed by atoms with Crippen molar-refractivity contribution in [3.05, 3.63) is 157 Å². The highest BCUT2D eigenvalue weighted by atomic mass is 16.7. The summed E-state index contributed by atoms with van der Waals surface area (Å²) in [6.45, 7) is 6.91. The Labute approximate surface area is 283 Å². The molecule has 6 heteroatoms. The summed E-state index contributed by atoms with van der Waals surface area (Å²) in [5.41, 5.74) is 5.56. The van der Waals surface area contributed by atoms with Gasteiger partial charge >= 0.3 is 11.9 Å². The number of benzene rings is 6. The minimum atomic E-state index is -0.504. The van der Waals surface area contributed by atoms with Crippen LogP contribution in [0.3, 0.4) is 0 Å². The van der Waals surface area contributed by atoms with Crippen LogP contribution in [0.5, 0.6) is 23.0 Å². The second-order valence-electron chi connectivity index (χ2n) is 11.2. The van der Waals surface area contributed by atoms with Gasteiger partial charge in [0, 0.05) is 34.4 Å². The molecule has 1 aliphatic heterocycles. The summed E-state index contributed by atoms with van der Waals surface area (Å²) in [6, 6.07) is 35.3. The lowest BCUT2D eigenvalue weighted by molar-refractivity contribution is -0.129. The molecule has 7 rings (SSSR count). The molecule has 0 unspecified atom stereocenters. The van der Waals surface area contributed by atoms with E-state index in [4.69, 9.17) is 18.9 Å². The lowest BCUT2D eigenvalue weighted by Gasteiger charge is -2.17. The zero-order valence-electron chi connectivity index (χ0n) is 26.4. The fourth-order valence-corrected chi connectivity index (χ4v) is 5.88. The van der Waals surface area contributed by atoms with Gasteiger partial charge in [0.25, 0.3) is 0 Å². The van der Waals surface area contributed by atoms with Crippen molar-refractivity contribution < 1.29 is 28.5 Å². The van der Waals surface area contributed by atoms with Crippen molar-refractivity contribution in [2.75, 3.05) is 6.79 Å². The Balaban J connectivity index is 1.34. The Morgan fingerprint density at radius 2 is 0.959 bits per heavy atom. The van der Waals surface area contributed by atoms with E-state index < -0.39 is 11.9 Å². The lowest BCUT2D eigenvalue weighted by Crippen LogP contribution is -2.05. The van der Waals surface area contributed by atoms with Crippen LogP contribution in [-0.4, -0.2) is 18.7 Å². The lowest BCUT2D eigenvalue weighted by atomic mass is 9.88. The van der Waals surface area contributed by atoms with Gasteiger partial charge in [-0.05, 0) is 69.1 Å². The summed E-state index contributed by atoms with van der Waals surface area (Å²) in [5.74, 6) is 1.33. The van der Waals surface area contributed by atoms with Gasteiger partial charge in [0.05, 0.1) is 0 Å². The number of carbonyl (C=O) groups is 2. The highest BCUT2D eigenvalue weighted by Crippen LogP contribution is 2.50. The summed E-state index contributed by atoms with van der Waals surface area (Å²) >= 11 is 0. The maximum Gasteiger partial charge on any atom is 0.335 e. The summed E-state index contributed by atoms with van der Waals surface area (Å²) in [5, 5.41) is 4.22. The van der Waals surface area contributed by atoms with Crippen LogP contribution in [-0.2, 0) is 9.59 Å². The minimum Gasteiger partial charge on any atom is -0.456 e. The van der Waals surface area contributed by atoms with Crippen molar-refractivity contribution in [2.24, 2.45) is 0 Å². The van der Waals surface area contributed by atoms with Crippen LogP contribution in [0.4, 0.5) is 0 Å². The maximum atomic E-state index is 11.6. The van der Waals surface area contributed by atoms with E-state index in [0.717, 1.165) is 78.6 Å². The summed E-state index contributed by atoms with van der Waals surface area (Å²) in [4.78, 5) is 23.2. The molecule has 0 N–H and O–H groups in total. The normalized spacial score (nSPS) is 12.1. The predicted molar refractivity (Wildman–Crippen MR) is 195 cm³/mol. The number of esters is 2. The molecule has 6 aromatic carbocycles. The van der Waals surface area contributed by atoms with E-state index in [2.05, 4.69) is 49.6 Å². The van der Waals surface area contributed by atoms with Crippen LogP contribution >= 0.6 is 0 Å². The largest absolute Gasteiger partial charge is 0.456 e. The monoisotopic (exact) mass is 642 g/mol. The molecule has 0 saturated heterocycles. The maximum absolute atomic E-state index is 11.6. The topological polar surface area (TPSA) is 71.1 Å². The van der Waals surface area contributed by atoms with Gasteiger partial charge in [-0.3, -0.25) is 0 Å². The van der Waals surface area contributed by atoms with Crippen molar-refractivity contribution in [1.29, 1.82) is 0 Å². The Kier molecular flexibility index (Phi) is 8.59. The molecule has 0 atom stereocenters. The highest BCUT2D eigenvalue weighted by Gasteiger charge is 2.26. The van der Waals surface area contributed by atoms with E-state index in [1.807, 2.05) is 72.8 Å². The molecule has 6 nitrogen and oxygen atoms in total. The van der Waals surface area contributed by atoms with E-state index in [-0.39, 0.29) is 6.79 Å². The van der Waals surface area contributed by atoms with Crippen LogP contribution in [0, 0.1) is 0 Å². The Hall–Kier alpha value is -6.66. The van der Waals surface area contributed by atoms with Gasteiger partial charge < -0.3 is 18.9 Å². The highest BCUT2D eigenvalue weighted by molar-refractivity contribution is 6.12. The Morgan fingerprint density at radius 1 is 0.551 bits per heavy atom. The van der Waals surface area contributed by atoms with Crippen LogP contribution in [0.1, 0.15) is 22.3 Å². The number of hydrogen-bond donors (Lipinski definition) is 0. The van der Waals surface area contributed by atoms with Crippen molar-refractivity contribution in [3.63, 3.8) is 0 Å². The average molecular weight is 643 g/mol. The Bertz CT molecular complexity index is 2150. The SMILES string of the molecule is C=CC(=O)Oc1ccc(/C=C\c2cc3ccccc3c3c2OCOc2c(/C=C\c4ccc(OC(=O)C=C)cc4)cc4ccccc4c2-3)cc1. The molecule has 6 aromatic rings. The first kappa shape index (κ1) is 31.0. The second kappa shape index (κ2) is 13.6. The van der Waals surface area contributed by atoms with E-state index in [1.54, 1.807) is 24.3 Å². The summed E-state index contributed by atoms with van der Waals surface area (Å²) in [6.07, 6.45) is 10.3. The van der Waals surface area contributed by atoms with E-state index in [1.165, 1.54) is 0 Å². The fourth-order valence-electron chi connectivity index (χ4n) is 5.88. The summed E-state index contributed by atoms with van der Waals surface area (Å²) in [7, 11) is 0. The predicted octanol–water partition coefficient (Wildman–Crippen LogP) is 9.91. The molecule has 1 heterocycles. The van der Waals surface area contributed by atoms with Gasteiger partial charge in [-0.15, -0.1) is 0 Å². The quantitative estimate of drug-likeness (QED) is 0.0712. The van der Waals surface area contributed by atoms with Gasteiger partial charge in [0.15, 0.2) is 0 Å². The smallest absolute Gasteiger partial charge is 0.335 e. The molecule has 49 heavy (non-hydrogen) atoms. The van der Waals surface area contributed by atoms with E-state index in [0.29, 0.717) is 11.5 Å². The first-order chi connectivity index (χ1) is 24.0. The van der Waals surface area contributed by atoms with Gasteiger partial charge in [-0.25, -0.2) is 9.59 Å². The first-order valence-corrected chi connectivity index (χ1v) is 15.6. The van der Waals surface area contributed by atoms with Crippen molar-refractivity contribution in [2.45, 2.75) is 0 Å². The third kappa shape index (κ3) is 6.48. The van der Waals surface area contributed by atoms with Gasteiger partial charge in [-0.2, -0.15) is 0 Å². The van der Waals surface area contributed by atoms with Crippen LogP contribution in [0.2, 0.25) is 0 Å². The Morgan fingerprint density at radius 3 is 1.37 bits per heavy atom. The number of ether oxygens (including phenoxy) is 4. The minimum absolute atomic E-state index is 0.0189. The van der Waals surface area contributed by atoms with Crippen molar-refractivity contribution >= 4 is 57.8 Å². The second-order valence-corrected chi connectivity index (χ2v) is 11.2. The van der Waals surface area contributed by atoms with Crippen LogP contribution in [0.15, 0.2) is 135 Å². The molecule has 0 saturated carbocycles. The number of rotatable bonds is 8. The van der Waals surface area contributed by atoms with Crippen LogP contribution < -0.4 is 18.9 Å². The molecule has 0 spiro atoms. The van der Waals surface area contributed by atoms with Gasteiger partial charge in [0.2, 0.25) is 6.79 Å². The standard InChI is InChI=1S/C43H30O6/c1-3-38(44)48-34-21-15-28(16-22-34)13-19-32-25-30-9-5-7-11-36(30)40-41-37-12-8-6-10-31(37)26-33(43(41)47-27-46-42(32)40)20-14-29-17-23-35(24-18-29)49-39(45)4-2/h3-26H,1-2,27H2/b19-13-,20-14-. The van der Waals surface area contributed by atoms with E-state index >= 15 is 0 Å². The van der Waals surface area contributed by atoms with Crippen molar-refractivity contribution in [3.8, 4) is 34.1 Å². The third-order valence-electron chi connectivity index (χ3n) is 8.16. The fraction of sp³-hybridized carbons (Fsp3) is 0.0233. The molecule has 0 radical (unpaired) electrons. The summed E-state index contributed by atoms with van der Waals surface area (Å²) < 4.78 is 23.3. The molecular formula is C43H30O6. The zero-order chi connectivity index (χ0) is 33.7. The number of hydrogen-bond acceptors (Lipinski definition) is 6. The van der Waals surface area contributed by atoms with Gasteiger partial charge in [-0.1, -0.05) is 110 Å². The zero-order valence-corrected chi connectivity index (χ0v) is 26.4. The van der Waals surface area contributed by atoms with E-state index in [9.17, 15) is 9.59 Å². The molecule has 0 amide bonds. The molecule has 0 bridgehead atoms. The molecule has 0 aromatic heterocycles. The third-order valence-corrected chi connectivity index (χ3v) is 8.16. The molecular weight excluding hydrogens is 612 g/mol. The molecule has 238 valence electrons. The molecule has 0 aliphatic carbocycles. The van der Waals surface area contributed by atoms with Gasteiger partial charge in [0.1, 0.15) is 23.0 Å². The number of fused-ring (bicyclic) bond motifs is 7. The average Bonchev–Trinajstić information content (AvgIpc) is 3.35.